The zero-order chi connectivity index (χ0) is 11.4. The summed E-state index contributed by atoms with van der Waals surface area (Å²) in [5.74, 6) is 1.07. The fourth-order valence-electron chi connectivity index (χ4n) is 2.43. The summed E-state index contributed by atoms with van der Waals surface area (Å²) in [7, 11) is 0. The zero-order valence-corrected chi connectivity index (χ0v) is 10.5. The van der Waals surface area contributed by atoms with Crippen LogP contribution in [0.4, 0.5) is 0 Å². The van der Waals surface area contributed by atoms with Crippen molar-refractivity contribution in [3.8, 4) is 0 Å². The first-order valence-electron chi connectivity index (χ1n) is 5.89. The quantitative estimate of drug-likeness (QED) is 0.787. The van der Waals surface area contributed by atoms with Crippen molar-refractivity contribution < 1.29 is 4.79 Å². The highest BCUT2D eigenvalue weighted by Crippen LogP contribution is 2.37. The van der Waals surface area contributed by atoms with Gasteiger partial charge in [-0.05, 0) is 30.6 Å². The van der Waals surface area contributed by atoms with Gasteiger partial charge >= 0.3 is 0 Å². The van der Waals surface area contributed by atoms with Crippen LogP contribution >= 0.6 is 11.8 Å². The van der Waals surface area contributed by atoms with Crippen LogP contribution in [0.1, 0.15) is 36.5 Å². The summed E-state index contributed by atoms with van der Waals surface area (Å²) in [6, 6.07) is 10.6. The Balaban J connectivity index is 1.98. The SMILES string of the molecule is CSC(CC1CCC(=O)C1)c1ccccc1. The second kappa shape index (κ2) is 5.53. The highest BCUT2D eigenvalue weighted by Gasteiger charge is 2.25. The molecule has 0 aromatic heterocycles. The number of Topliss-reactive ketones (excluding diaryl/α,β-unsaturated/α-hetero) is 1. The van der Waals surface area contributed by atoms with E-state index in [4.69, 9.17) is 0 Å². The molecule has 0 bridgehead atoms. The summed E-state index contributed by atoms with van der Waals surface area (Å²) < 4.78 is 0. The van der Waals surface area contributed by atoms with Crippen LogP contribution in [-0.4, -0.2) is 12.0 Å². The van der Waals surface area contributed by atoms with Crippen LogP contribution in [0.5, 0.6) is 0 Å². The minimum absolute atomic E-state index is 0.456. The van der Waals surface area contributed by atoms with E-state index in [9.17, 15) is 4.79 Å². The number of rotatable bonds is 4. The van der Waals surface area contributed by atoms with E-state index in [1.54, 1.807) is 0 Å². The standard InChI is InChI=1S/C14H18OS/c1-16-14(12-5-3-2-4-6-12)10-11-7-8-13(15)9-11/h2-6,11,14H,7-10H2,1H3. The minimum atomic E-state index is 0.456. The van der Waals surface area contributed by atoms with E-state index in [2.05, 4.69) is 36.6 Å². The molecule has 2 unspecified atom stereocenters. The van der Waals surface area contributed by atoms with Crippen molar-refractivity contribution in [2.24, 2.45) is 5.92 Å². The maximum atomic E-state index is 11.3. The van der Waals surface area contributed by atoms with Gasteiger partial charge in [-0.15, -0.1) is 0 Å². The lowest BCUT2D eigenvalue weighted by Crippen LogP contribution is -2.02. The Bertz CT molecular complexity index is 347. The van der Waals surface area contributed by atoms with Crippen LogP contribution in [0, 0.1) is 5.92 Å². The Morgan fingerprint density at radius 3 is 2.69 bits per heavy atom. The molecule has 0 spiro atoms. The first kappa shape index (κ1) is 11.7. The summed E-state index contributed by atoms with van der Waals surface area (Å²) in [6.45, 7) is 0. The molecule has 0 saturated heterocycles. The third-order valence-electron chi connectivity index (χ3n) is 3.35. The van der Waals surface area contributed by atoms with Gasteiger partial charge in [-0.2, -0.15) is 11.8 Å². The Morgan fingerprint density at radius 2 is 2.12 bits per heavy atom. The van der Waals surface area contributed by atoms with Crippen LogP contribution in [0.3, 0.4) is 0 Å². The molecule has 0 amide bonds. The summed E-state index contributed by atoms with van der Waals surface area (Å²) in [4.78, 5) is 11.3. The second-order valence-corrected chi connectivity index (χ2v) is 5.56. The van der Waals surface area contributed by atoms with Gasteiger partial charge in [0, 0.05) is 18.1 Å². The van der Waals surface area contributed by atoms with Crippen molar-refractivity contribution in [2.45, 2.75) is 30.9 Å². The summed E-state index contributed by atoms with van der Waals surface area (Å²) >= 11 is 1.90. The molecule has 2 heteroatoms. The Morgan fingerprint density at radius 1 is 1.38 bits per heavy atom. The number of ketones is 1. The molecule has 0 heterocycles. The molecule has 1 nitrogen and oxygen atoms in total. The number of carbonyl (C=O) groups excluding carboxylic acids is 1. The van der Waals surface area contributed by atoms with Crippen LogP contribution < -0.4 is 0 Å². The van der Waals surface area contributed by atoms with Gasteiger partial charge in [0.25, 0.3) is 0 Å². The molecule has 2 rings (SSSR count). The number of thioether (sulfide) groups is 1. The van der Waals surface area contributed by atoms with Crippen molar-refractivity contribution in [1.29, 1.82) is 0 Å². The lowest BCUT2D eigenvalue weighted by molar-refractivity contribution is -0.117. The fraction of sp³-hybridized carbons (Fsp3) is 0.500. The van der Waals surface area contributed by atoms with Gasteiger partial charge < -0.3 is 0 Å². The number of hydrogen-bond donors (Lipinski definition) is 0. The van der Waals surface area contributed by atoms with Gasteiger partial charge in [0.2, 0.25) is 0 Å². The Hall–Kier alpha value is -0.760. The zero-order valence-electron chi connectivity index (χ0n) is 9.69. The summed E-state index contributed by atoms with van der Waals surface area (Å²) in [6.07, 6.45) is 6.03. The molecule has 86 valence electrons. The van der Waals surface area contributed by atoms with Crippen molar-refractivity contribution in [3.63, 3.8) is 0 Å². The van der Waals surface area contributed by atoms with E-state index in [0.29, 0.717) is 17.0 Å². The molecular weight excluding hydrogens is 216 g/mol. The van der Waals surface area contributed by atoms with E-state index in [0.717, 1.165) is 25.7 Å². The predicted molar refractivity (Wildman–Crippen MR) is 69.7 cm³/mol. The molecule has 1 aromatic carbocycles. The van der Waals surface area contributed by atoms with Gasteiger partial charge in [-0.3, -0.25) is 4.79 Å². The third-order valence-corrected chi connectivity index (χ3v) is 4.38. The average Bonchev–Trinajstić information content (AvgIpc) is 2.73. The van der Waals surface area contributed by atoms with E-state index in [-0.39, 0.29) is 0 Å². The van der Waals surface area contributed by atoms with Crippen molar-refractivity contribution in [3.05, 3.63) is 35.9 Å². The Labute approximate surface area is 102 Å². The fourth-order valence-corrected chi connectivity index (χ4v) is 3.33. The third kappa shape index (κ3) is 2.88. The molecule has 2 atom stereocenters. The topological polar surface area (TPSA) is 17.1 Å². The van der Waals surface area contributed by atoms with Crippen LogP contribution in [0.2, 0.25) is 0 Å². The molecule has 0 aliphatic heterocycles. The lowest BCUT2D eigenvalue weighted by atomic mass is 9.98. The molecule has 0 N–H and O–H groups in total. The Kier molecular flexibility index (Phi) is 4.05. The predicted octanol–water partition coefficient (Wildman–Crippen LogP) is 3.85. The first-order valence-corrected chi connectivity index (χ1v) is 7.18. The molecule has 1 saturated carbocycles. The van der Waals surface area contributed by atoms with Crippen LogP contribution in [0.25, 0.3) is 0 Å². The first-order chi connectivity index (χ1) is 7.79. The molecule has 1 fully saturated rings. The number of carbonyl (C=O) groups is 1. The summed E-state index contributed by atoms with van der Waals surface area (Å²) in [5.41, 5.74) is 1.40. The average molecular weight is 234 g/mol. The number of hydrogen-bond acceptors (Lipinski definition) is 2. The largest absolute Gasteiger partial charge is 0.300 e. The van der Waals surface area contributed by atoms with Crippen LogP contribution in [-0.2, 0) is 4.79 Å². The molecule has 1 aromatic rings. The van der Waals surface area contributed by atoms with Gasteiger partial charge in [0.05, 0.1) is 0 Å². The maximum Gasteiger partial charge on any atom is 0.133 e. The second-order valence-electron chi connectivity index (χ2n) is 4.52. The highest BCUT2D eigenvalue weighted by atomic mass is 32.2. The van der Waals surface area contributed by atoms with Gasteiger partial charge in [-0.25, -0.2) is 0 Å². The molecule has 0 radical (unpaired) electrons. The van der Waals surface area contributed by atoms with E-state index in [1.165, 1.54) is 5.56 Å². The molecule has 1 aliphatic carbocycles. The van der Waals surface area contributed by atoms with Gasteiger partial charge in [0.15, 0.2) is 0 Å². The molecule has 1 aliphatic rings. The molecular formula is C14H18OS. The minimum Gasteiger partial charge on any atom is -0.300 e. The highest BCUT2D eigenvalue weighted by molar-refractivity contribution is 7.98. The maximum absolute atomic E-state index is 11.3. The van der Waals surface area contributed by atoms with E-state index in [1.807, 2.05) is 11.8 Å². The smallest absolute Gasteiger partial charge is 0.133 e. The van der Waals surface area contributed by atoms with Crippen molar-refractivity contribution >= 4 is 17.5 Å². The van der Waals surface area contributed by atoms with E-state index >= 15 is 0 Å². The van der Waals surface area contributed by atoms with Gasteiger partial charge in [-0.1, -0.05) is 30.3 Å². The normalized spacial score (nSPS) is 22.3. The summed E-state index contributed by atoms with van der Waals surface area (Å²) in [5, 5.41) is 0.553. The van der Waals surface area contributed by atoms with Crippen molar-refractivity contribution in [2.75, 3.05) is 6.26 Å². The number of benzene rings is 1. The lowest BCUT2D eigenvalue weighted by Gasteiger charge is -2.18. The monoisotopic (exact) mass is 234 g/mol. The van der Waals surface area contributed by atoms with Crippen molar-refractivity contribution in [1.82, 2.24) is 0 Å². The molecule has 16 heavy (non-hydrogen) atoms. The van der Waals surface area contributed by atoms with Gasteiger partial charge in [0.1, 0.15) is 5.78 Å². The van der Waals surface area contributed by atoms with E-state index < -0.39 is 0 Å². The van der Waals surface area contributed by atoms with Crippen LogP contribution in [0.15, 0.2) is 30.3 Å².